The zero-order chi connectivity index (χ0) is 25.2. The van der Waals surface area contributed by atoms with E-state index in [2.05, 4.69) is 20.4 Å². The summed E-state index contributed by atoms with van der Waals surface area (Å²) in [7, 11) is 0. The summed E-state index contributed by atoms with van der Waals surface area (Å²) in [6.07, 6.45) is 3.66. The van der Waals surface area contributed by atoms with Crippen molar-refractivity contribution < 1.29 is 18.8 Å². The van der Waals surface area contributed by atoms with Crippen molar-refractivity contribution in [1.29, 1.82) is 0 Å². The number of hydrogen-bond acceptors (Lipinski definition) is 6. The number of benzene rings is 2. The van der Waals surface area contributed by atoms with Gasteiger partial charge in [-0.2, -0.15) is 9.78 Å². The predicted molar refractivity (Wildman–Crippen MR) is 127 cm³/mol. The Balaban J connectivity index is 0.000000420. The highest BCUT2D eigenvalue weighted by Gasteiger charge is 2.25. The highest BCUT2D eigenvalue weighted by Crippen LogP contribution is 2.27. The van der Waals surface area contributed by atoms with E-state index in [-0.39, 0.29) is 35.5 Å². The molecule has 2 aromatic heterocycles. The lowest BCUT2D eigenvalue weighted by Gasteiger charge is -2.10. The lowest BCUT2D eigenvalue weighted by molar-refractivity contribution is -0.117. The highest BCUT2D eigenvalue weighted by atomic mass is 35.5. The van der Waals surface area contributed by atoms with Gasteiger partial charge in [-0.1, -0.05) is 41.9 Å². The molecule has 11 heteroatoms. The number of carbonyl (C=O) groups is 3. The highest BCUT2D eigenvalue weighted by molar-refractivity contribution is 6.30. The predicted octanol–water partition coefficient (Wildman–Crippen LogP) is 3.11. The maximum absolute atomic E-state index is 14.4. The SMILES string of the molecule is Clc1ccccc1.NC(=O)CCNC(=O)c1cnn(C(=O)c2ccncn2)c1-c1ccccc1F. The molecule has 0 unspecified atom stereocenters. The van der Waals surface area contributed by atoms with Crippen LogP contribution in [0.2, 0.25) is 5.02 Å². The Hall–Kier alpha value is -4.44. The number of nitrogens with two attached hydrogens (primary N) is 1. The molecule has 4 aromatic rings. The van der Waals surface area contributed by atoms with Crippen LogP contribution in [0.15, 0.2) is 79.4 Å². The van der Waals surface area contributed by atoms with Crippen molar-refractivity contribution in [3.8, 4) is 11.3 Å². The van der Waals surface area contributed by atoms with Crippen LogP contribution in [0.5, 0.6) is 0 Å². The van der Waals surface area contributed by atoms with Gasteiger partial charge in [-0.25, -0.2) is 14.4 Å². The molecule has 0 atom stereocenters. The van der Waals surface area contributed by atoms with Crippen LogP contribution in [-0.4, -0.2) is 44.0 Å². The maximum atomic E-state index is 14.4. The molecule has 0 aliphatic rings. The molecule has 0 saturated carbocycles. The molecular weight excluding hydrogens is 475 g/mol. The van der Waals surface area contributed by atoms with E-state index in [0.29, 0.717) is 0 Å². The van der Waals surface area contributed by atoms with Crippen LogP contribution in [0.4, 0.5) is 4.39 Å². The number of halogens is 2. The first-order chi connectivity index (χ1) is 16.9. The van der Waals surface area contributed by atoms with Crippen LogP contribution < -0.4 is 11.1 Å². The number of nitrogens with zero attached hydrogens (tertiary/aromatic N) is 4. The van der Waals surface area contributed by atoms with E-state index in [4.69, 9.17) is 17.3 Å². The summed E-state index contributed by atoms with van der Waals surface area (Å²) < 4.78 is 15.3. The largest absolute Gasteiger partial charge is 0.370 e. The fraction of sp³-hybridized carbons (Fsp3) is 0.0833. The summed E-state index contributed by atoms with van der Waals surface area (Å²) in [5.41, 5.74) is 5.03. The average Bonchev–Trinajstić information content (AvgIpc) is 3.30. The first-order valence-corrected chi connectivity index (χ1v) is 10.7. The Bertz CT molecular complexity index is 1320. The van der Waals surface area contributed by atoms with Crippen molar-refractivity contribution in [2.45, 2.75) is 6.42 Å². The topological polar surface area (TPSA) is 133 Å². The van der Waals surface area contributed by atoms with Crippen LogP contribution in [0, 0.1) is 5.82 Å². The van der Waals surface area contributed by atoms with E-state index < -0.39 is 23.5 Å². The quantitative estimate of drug-likeness (QED) is 0.423. The van der Waals surface area contributed by atoms with Gasteiger partial charge in [0.2, 0.25) is 5.91 Å². The second kappa shape index (κ2) is 12.1. The summed E-state index contributed by atoms with van der Waals surface area (Å²) in [6, 6.07) is 16.5. The number of hydrogen-bond donors (Lipinski definition) is 2. The Kier molecular flexibility index (Phi) is 8.74. The van der Waals surface area contributed by atoms with Gasteiger partial charge >= 0.3 is 0 Å². The standard InChI is InChI=1S/C18H15FN6O3.C6H5Cl/c19-13-4-2-1-3-11(13)16-12(17(27)22-8-6-15(20)26)9-24-25(16)18(28)14-5-7-21-10-23-14;7-6-4-2-1-3-5-6/h1-5,7,9-10H,6,8H2,(H2,20,26)(H,22,27);1-5H. The molecule has 2 amide bonds. The lowest BCUT2D eigenvalue weighted by atomic mass is 10.1. The number of aromatic nitrogens is 4. The second-order valence-corrected chi connectivity index (χ2v) is 7.40. The third kappa shape index (κ3) is 6.78. The third-order valence-electron chi connectivity index (χ3n) is 4.53. The molecule has 0 bridgehead atoms. The molecule has 0 fully saturated rings. The van der Waals surface area contributed by atoms with Crippen LogP contribution in [0.25, 0.3) is 11.3 Å². The van der Waals surface area contributed by atoms with E-state index in [9.17, 15) is 18.8 Å². The van der Waals surface area contributed by atoms with Crippen LogP contribution >= 0.6 is 11.6 Å². The van der Waals surface area contributed by atoms with Crippen molar-refractivity contribution in [1.82, 2.24) is 25.1 Å². The molecular formula is C24H20ClFN6O3. The smallest absolute Gasteiger partial charge is 0.297 e. The number of rotatable bonds is 6. The van der Waals surface area contributed by atoms with E-state index in [1.54, 1.807) is 6.07 Å². The number of nitrogens with one attached hydrogen (secondary N) is 1. The second-order valence-electron chi connectivity index (χ2n) is 6.97. The van der Waals surface area contributed by atoms with Gasteiger partial charge in [-0.15, -0.1) is 0 Å². The third-order valence-corrected chi connectivity index (χ3v) is 4.78. The summed E-state index contributed by atoms with van der Waals surface area (Å²) in [5, 5.41) is 7.26. The van der Waals surface area contributed by atoms with Crippen molar-refractivity contribution in [2.75, 3.05) is 6.54 Å². The molecule has 0 radical (unpaired) electrons. The van der Waals surface area contributed by atoms with Gasteiger partial charge < -0.3 is 11.1 Å². The summed E-state index contributed by atoms with van der Waals surface area (Å²) >= 11 is 5.54. The maximum Gasteiger partial charge on any atom is 0.297 e. The first-order valence-electron chi connectivity index (χ1n) is 10.3. The minimum atomic E-state index is -0.656. The van der Waals surface area contributed by atoms with Crippen LogP contribution in [0.3, 0.4) is 0 Å². The lowest BCUT2D eigenvalue weighted by Crippen LogP contribution is -2.28. The van der Waals surface area contributed by atoms with Crippen LogP contribution in [0.1, 0.15) is 27.3 Å². The van der Waals surface area contributed by atoms with E-state index in [1.165, 1.54) is 36.8 Å². The zero-order valence-corrected chi connectivity index (χ0v) is 19.0. The van der Waals surface area contributed by atoms with Crippen LogP contribution in [-0.2, 0) is 4.79 Å². The molecule has 2 aromatic carbocycles. The molecule has 4 rings (SSSR count). The van der Waals surface area contributed by atoms with Gasteiger partial charge in [0.05, 0.1) is 17.5 Å². The van der Waals surface area contributed by atoms with E-state index in [1.807, 2.05) is 30.3 Å². The minimum absolute atomic E-state index is 0.00405. The molecule has 2 heterocycles. The Morgan fingerprint density at radius 1 is 1.03 bits per heavy atom. The fourth-order valence-electron chi connectivity index (χ4n) is 2.92. The van der Waals surface area contributed by atoms with Gasteiger partial charge in [0.15, 0.2) is 0 Å². The number of amides is 2. The Morgan fingerprint density at radius 3 is 2.34 bits per heavy atom. The molecule has 35 heavy (non-hydrogen) atoms. The van der Waals surface area contributed by atoms with Gasteiger partial charge in [-0.3, -0.25) is 14.4 Å². The Morgan fingerprint density at radius 2 is 1.74 bits per heavy atom. The Labute approximate surface area is 204 Å². The molecule has 0 spiro atoms. The van der Waals surface area contributed by atoms with Gasteiger partial charge in [0.1, 0.15) is 17.8 Å². The van der Waals surface area contributed by atoms with Crippen molar-refractivity contribution in [2.24, 2.45) is 5.73 Å². The molecule has 0 aliphatic carbocycles. The van der Waals surface area contributed by atoms with E-state index >= 15 is 0 Å². The zero-order valence-electron chi connectivity index (χ0n) is 18.3. The van der Waals surface area contributed by atoms with Gasteiger partial charge in [-0.05, 0) is 30.3 Å². The molecule has 9 nitrogen and oxygen atoms in total. The normalized spacial score (nSPS) is 10.1. The molecule has 0 aliphatic heterocycles. The summed E-state index contributed by atoms with van der Waals surface area (Å²) in [6.45, 7) is -0.00405. The summed E-state index contributed by atoms with van der Waals surface area (Å²) in [5.74, 6) is -2.49. The number of carbonyl (C=O) groups excluding carboxylic acids is 3. The minimum Gasteiger partial charge on any atom is -0.370 e. The average molecular weight is 495 g/mol. The number of primary amides is 1. The molecule has 3 N–H and O–H groups in total. The van der Waals surface area contributed by atoms with Gasteiger partial charge in [0, 0.05) is 29.7 Å². The van der Waals surface area contributed by atoms with Gasteiger partial charge in [0.25, 0.3) is 11.8 Å². The fourth-order valence-corrected chi connectivity index (χ4v) is 3.06. The van der Waals surface area contributed by atoms with Crippen molar-refractivity contribution in [3.05, 3.63) is 101 Å². The molecule has 0 saturated heterocycles. The summed E-state index contributed by atoms with van der Waals surface area (Å²) in [4.78, 5) is 43.8. The van der Waals surface area contributed by atoms with E-state index in [0.717, 1.165) is 15.9 Å². The first kappa shape index (κ1) is 25.2. The van der Waals surface area contributed by atoms with Crippen molar-refractivity contribution >= 4 is 29.3 Å². The van der Waals surface area contributed by atoms with Crippen molar-refractivity contribution in [3.63, 3.8) is 0 Å². The molecule has 178 valence electrons. The monoisotopic (exact) mass is 494 g/mol.